The molecule has 2 aromatic rings. The molecule has 2 rings (SSSR count). The second kappa shape index (κ2) is 7.83. The van der Waals surface area contributed by atoms with Gasteiger partial charge in [-0.2, -0.15) is 9.97 Å². The number of oxime groups is 1. The van der Waals surface area contributed by atoms with Gasteiger partial charge in [0.1, 0.15) is 5.75 Å². The highest BCUT2D eigenvalue weighted by Gasteiger charge is 2.06. The number of para-hydroxylation sites is 1. The van der Waals surface area contributed by atoms with Gasteiger partial charge in [-0.3, -0.25) is 0 Å². The number of nitrogens with zero attached hydrogens (tertiary/aromatic N) is 5. The van der Waals surface area contributed by atoms with Crippen molar-refractivity contribution < 1.29 is 14.0 Å². The van der Waals surface area contributed by atoms with E-state index in [1.165, 1.54) is 12.6 Å². The van der Waals surface area contributed by atoms with Gasteiger partial charge in [0.05, 0.1) is 25.9 Å². The van der Waals surface area contributed by atoms with Gasteiger partial charge in [-0.1, -0.05) is 17.3 Å². The molecule has 0 aliphatic carbocycles. The zero-order chi connectivity index (χ0) is 16.7. The molecular formula is C15H16FN5O2. The lowest BCUT2D eigenvalue weighted by atomic mass is 10.2. The minimum Gasteiger partial charge on any atom is -0.496 e. The van der Waals surface area contributed by atoms with Crippen LogP contribution in [0.5, 0.6) is 11.8 Å². The molecule has 1 heterocycles. The third kappa shape index (κ3) is 4.73. The summed E-state index contributed by atoms with van der Waals surface area (Å²) in [6, 6.07) is 7.18. The van der Waals surface area contributed by atoms with Gasteiger partial charge in [0.2, 0.25) is 0 Å². The van der Waals surface area contributed by atoms with Crippen LogP contribution in [0.3, 0.4) is 0 Å². The van der Waals surface area contributed by atoms with E-state index in [9.17, 15) is 4.39 Å². The molecule has 0 atom stereocenters. The fourth-order valence-electron chi connectivity index (χ4n) is 1.55. The van der Waals surface area contributed by atoms with Crippen LogP contribution in [0.1, 0.15) is 5.56 Å². The zero-order valence-corrected chi connectivity index (χ0v) is 13.0. The topological polar surface area (TPSA) is 72.2 Å². The molecule has 8 heteroatoms. The van der Waals surface area contributed by atoms with Crippen molar-refractivity contribution in [2.24, 2.45) is 10.1 Å². The number of benzene rings is 1. The Bertz CT molecular complexity index is 719. The maximum Gasteiger partial charge on any atom is 0.347 e. The molecule has 0 spiro atoms. The van der Waals surface area contributed by atoms with Crippen LogP contribution >= 0.6 is 0 Å². The lowest BCUT2D eigenvalue weighted by Gasteiger charge is -2.03. The van der Waals surface area contributed by atoms with Crippen molar-refractivity contribution in [2.45, 2.75) is 0 Å². The second-order valence-electron chi connectivity index (χ2n) is 4.60. The van der Waals surface area contributed by atoms with E-state index in [1.54, 1.807) is 32.2 Å². The molecule has 0 radical (unpaired) electrons. The summed E-state index contributed by atoms with van der Waals surface area (Å²) < 4.78 is 18.7. The van der Waals surface area contributed by atoms with Crippen molar-refractivity contribution in [2.75, 3.05) is 21.2 Å². The predicted molar refractivity (Wildman–Crippen MR) is 85.0 cm³/mol. The quantitative estimate of drug-likeness (QED) is 0.464. The Hall–Kier alpha value is -3.03. The molecule has 1 aromatic heterocycles. The molecule has 0 fully saturated rings. The van der Waals surface area contributed by atoms with Gasteiger partial charge in [0.25, 0.3) is 0 Å². The highest BCUT2D eigenvalue weighted by molar-refractivity contribution is 5.83. The molecule has 120 valence electrons. The first-order valence-corrected chi connectivity index (χ1v) is 6.66. The van der Waals surface area contributed by atoms with Crippen LogP contribution < -0.4 is 9.57 Å². The Morgan fingerprint density at radius 1 is 1.26 bits per heavy atom. The van der Waals surface area contributed by atoms with E-state index in [-0.39, 0.29) is 11.8 Å². The number of hydrogen-bond donors (Lipinski definition) is 0. The fraction of sp³-hybridized carbons (Fsp3) is 0.200. The minimum atomic E-state index is -0.649. The largest absolute Gasteiger partial charge is 0.496 e. The lowest BCUT2D eigenvalue weighted by Crippen LogP contribution is -2.07. The summed E-state index contributed by atoms with van der Waals surface area (Å²) in [7, 11) is 5.08. The van der Waals surface area contributed by atoms with E-state index >= 15 is 0 Å². The van der Waals surface area contributed by atoms with Crippen molar-refractivity contribution in [3.8, 4) is 11.8 Å². The molecule has 0 saturated heterocycles. The van der Waals surface area contributed by atoms with E-state index in [4.69, 9.17) is 9.57 Å². The molecule has 0 bridgehead atoms. The second-order valence-corrected chi connectivity index (χ2v) is 4.60. The molecule has 0 amide bonds. The standard InChI is InChI=1S/C15H16FN5O2/c1-21(2)10-18-14-12(16)9-17-15(20-14)23-19-8-11-6-4-5-7-13(11)22-3/h4-10H,1-3H3/b18-10+,19-8?. The summed E-state index contributed by atoms with van der Waals surface area (Å²) in [4.78, 5) is 18.1. The van der Waals surface area contributed by atoms with Gasteiger partial charge in [-0.15, -0.1) is 0 Å². The Morgan fingerprint density at radius 2 is 2.04 bits per heavy atom. The average molecular weight is 317 g/mol. The molecule has 0 N–H and O–H groups in total. The molecule has 7 nitrogen and oxygen atoms in total. The van der Waals surface area contributed by atoms with Gasteiger partial charge in [0.15, 0.2) is 11.6 Å². The molecule has 0 aliphatic rings. The SMILES string of the molecule is COc1ccccc1C=NOc1ncc(F)c(/N=C/N(C)C)n1. The molecule has 0 unspecified atom stereocenters. The smallest absolute Gasteiger partial charge is 0.347 e. The Labute approximate surface area is 133 Å². The summed E-state index contributed by atoms with van der Waals surface area (Å²) in [6.45, 7) is 0. The Kier molecular flexibility index (Phi) is 5.56. The number of ether oxygens (including phenoxy) is 1. The number of methoxy groups -OCH3 is 1. The number of aromatic nitrogens is 2. The number of rotatable bonds is 6. The lowest BCUT2D eigenvalue weighted by molar-refractivity contribution is 0.313. The normalized spacial score (nSPS) is 11.1. The van der Waals surface area contributed by atoms with Crippen LogP contribution in [0.15, 0.2) is 40.6 Å². The highest BCUT2D eigenvalue weighted by Crippen LogP contribution is 2.17. The third-order valence-electron chi connectivity index (χ3n) is 2.58. The van der Waals surface area contributed by atoms with Crippen LogP contribution in [-0.2, 0) is 0 Å². The van der Waals surface area contributed by atoms with Gasteiger partial charge < -0.3 is 14.5 Å². The van der Waals surface area contributed by atoms with E-state index < -0.39 is 5.82 Å². The fourth-order valence-corrected chi connectivity index (χ4v) is 1.55. The van der Waals surface area contributed by atoms with Crippen LogP contribution in [0.25, 0.3) is 0 Å². The van der Waals surface area contributed by atoms with Gasteiger partial charge in [-0.25, -0.2) is 9.38 Å². The first-order valence-electron chi connectivity index (χ1n) is 6.66. The van der Waals surface area contributed by atoms with E-state index in [2.05, 4.69) is 20.1 Å². The Balaban J connectivity index is 2.11. The molecule has 23 heavy (non-hydrogen) atoms. The van der Waals surface area contributed by atoms with Crippen LogP contribution in [0.4, 0.5) is 10.2 Å². The van der Waals surface area contributed by atoms with E-state index in [1.807, 2.05) is 18.2 Å². The first-order chi connectivity index (χ1) is 11.1. The van der Waals surface area contributed by atoms with Crippen LogP contribution in [-0.4, -0.2) is 48.6 Å². The van der Waals surface area contributed by atoms with Gasteiger partial charge >= 0.3 is 6.01 Å². The number of halogens is 1. The summed E-state index contributed by atoms with van der Waals surface area (Å²) in [5.74, 6) is -0.128. The Morgan fingerprint density at radius 3 is 2.78 bits per heavy atom. The summed E-state index contributed by atoms with van der Waals surface area (Å²) in [5, 5.41) is 3.77. The van der Waals surface area contributed by atoms with Crippen molar-refractivity contribution in [1.29, 1.82) is 0 Å². The van der Waals surface area contributed by atoms with Gasteiger partial charge in [0, 0.05) is 19.7 Å². The molecular weight excluding hydrogens is 301 g/mol. The summed E-state index contributed by atoms with van der Waals surface area (Å²) >= 11 is 0. The predicted octanol–water partition coefficient (Wildman–Crippen LogP) is 2.26. The average Bonchev–Trinajstić information content (AvgIpc) is 2.55. The van der Waals surface area contributed by atoms with Crippen molar-refractivity contribution >= 4 is 18.4 Å². The molecule has 1 aromatic carbocycles. The number of aliphatic imine (C=N–C) groups is 1. The van der Waals surface area contributed by atoms with E-state index in [0.29, 0.717) is 5.75 Å². The summed E-state index contributed by atoms with van der Waals surface area (Å²) in [5.41, 5.74) is 0.725. The maximum absolute atomic E-state index is 13.5. The molecule has 0 aliphatic heterocycles. The minimum absolute atomic E-state index is 0.108. The van der Waals surface area contributed by atoms with Gasteiger partial charge in [-0.05, 0) is 12.1 Å². The highest BCUT2D eigenvalue weighted by atomic mass is 19.1. The van der Waals surface area contributed by atoms with E-state index in [0.717, 1.165) is 11.8 Å². The van der Waals surface area contributed by atoms with Crippen molar-refractivity contribution in [1.82, 2.24) is 14.9 Å². The maximum atomic E-state index is 13.5. The number of hydrogen-bond acceptors (Lipinski definition) is 6. The third-order valence-corrected chi connectivity index (χ3v) is 2.58. The first kappa shape index (κ1) is 16.3. The van der Waals surface area contributed by atoms with Crippen LogP contribution in [0.2, 0.25) is 0 Å². The van der Waals surface area contributed by atoms with Crippen molar-refractivity contribution in [3.05, 3.63) is 41.8 Å². The summed E-state index contributed by atoms with van der Waals surface area (Å²) in [6.07, 6.45) is 3.85. The molecule has 0 saturated carbocycles. The monoisotopic (exact) mass is 317 g/mol. The zero-order valence-electron chi connectivity index (χ0n) is 13.0. The van der Waals surface area contributed by atoms with Crippen molar-refractivity contribution in [3.63, 3.8) is 0 Å². The van der Waals surface area contributed by atoms with Crippen LogP contribution in [0, 0.1) is 5.82 Å².